The van der Waals surface area contributed by atoms with Gasteiger partial charge in [0.15, 0.2) is 0 Å². The third kappa shape index (κ3) is 3.99. The molecule has 0 aliphatic carbocycles. The molecule has 1 aromatic heterocycles. The second-order valence-electron chi connectivity index (χ2n) is 6.28. The van der Waals surface area contributed by atoms with Gasteiger partial charge in [-0.05, 0) is 44.2 Å². The fourth-order valence-electron chi connectivity index (χ4n) is 3.04. The Kier molecular flexibility index (Phi) is 4.80. The Morgan fingerprint density at radius 1 is 1.43 bits per heavy atom. The average Bonchev–Trinajstić information content (AvgIpc) is 2.91. The topological polar surface area (TPSA) is 69.1 Å². The number of likely N-dealkylation sites (tertiary alicyclic amines) is 1. The molecule has 6 heteroatoms. The normalized spacial score (nSPS) is 22.2. The highest BCUT2D eigenvalue weighted by atomic mass is 35.5. The number of hydrogen-bond donors (Lipinski definition) is 4. The molecule has 0 bridgehead atoms. The van der Waals surface area contributed by atoms with Crippen LogP contribution in [0.2, 0.25) is 5.02 Å². The minimum Gasteiger partial charge on any atom is -0.368 e. The Bertz CT molecular complexity index is 695. The van der Waals surface area contributed by atoms with E-state index in [4.69, 9.17) is 17.3 Å². The van der Waals surface area contributed by atoms with Gasteiger partial charge in [0.05, 0.1) is 18.5 Å². The van der Waals surface area contributed by atoms with Gasteiger partial charge in [0.25, 0.3) is 0 Å². The molecule has 1 fully saturated rings. The molecule has 5 nitrogen and oxygen atoms in total. The molecule has 2 unspecified atom stereocenters. The third-order valence-electron chi connectivity index (χ3n) is 4.39. The summed E-state index contributed by atoms with van der Waals surface area (Å²) in [6, 6.07) is 8.35. The minimum absolute atomic E-state index is 0.174. The maximum Gasteiger partial charge on any atom is 0.0918 e. The first kappa shape index (κ1) is 16.2. The maximum absolute atomic E-state index is 6.02. The van der Waals surface area contributed by atoms with Crippen molar-refractivity contribution in [3.8, 4) is 0 Å². The lowest BCUT2D eigenvalue weighted by Gasteiger charge is -2.36. The monoisotopic (exact) mass is 333 g/mol. The molecule has 2 aromatic rings. The van der Waals surface area contributed by atoms with Gasteiger partial charge in [0.1, 0.15) is 0 Å². The molecule has 0 saturated carbocycles. The summed E-state index contributed by atoms with van der Waals surface area (Å²) >= 11 is 6.02. The lowest BCUT2D eigenvalue weighted by atomic mass is 10.0. The number of nitrogens with two attached hydrogens (primary N) is 1. The van der Waals surface area contributed by atoms with Crippen molar-refractivity contribution < 1.29 is 0 Å². The summed E-state index contributed by atoms with van der Waals surface area (Å²) in [5.74, 6) is 0.843. The van der Waals surface area contributed by atoms with Crippen LogP contribution in [-0.2, 0) is 6.54 Å². The van der Waals surface area contributed by atoms with Crippen LogP contribution in [0.3, 0.4) is 0 Å². The highest BCUT2D eigenvalue weighted by Gasteiger charge is 2.22. The summed E-state index contributed by atoms with van der Waals surface area (Å²) in [4.78, 5) is 5.56. The van der Waals surface area contributed by atoms with Crippen LogP contribution in [0.1, 0.15) is 18.5 Å². The summed E-state index contributed by atoms with van der Waals surface area (Å²) in [6.45, 7) is 5.70. The number of benzene rings is 1. The molecule has 23 heavy (non-hydrogen) atoms. The number of aromatic amines is 1. The number of piperidine rings is 1. The zero-order chi connectivity index (χ0) is 16.4. The molecule has 0 amide bonds. The van der Waals surface area contributed by atoms with Crippen molar-refractivity contribution in [3.05, 3.63) is 47.4 Å². The van der Waals surface area contributed by atoms with Crippen molar-refractivity contribution >= 4 is 22.5 Å². The van der Waals surface area contributed by atoms with Gasteiger partial charge >= 0.3 is 0 Å². The van der Waals surface area contributed by atoms with E-state index in [2.05, 4.69) is 40.2 Å². The highest BCUT2D eigenvalue weighted by molar-refractivity contribution is 6.31. The fourth-order valence-corrected chi connectivity index (χ4v) is 3.22. The van der Waals surface area contributed by atoms with Crippen molar-refractivity contribution in [2.24, 2.45) is 5.73 Å². The number of hydrogen-bond acceptors (Lipinski definition) is 4. The van der Waals surface area contributed by atoms with Gasteiger partial charge < -0.3 is 21.4 Å². The van der Waals surface area contributed by atoms with E-state index in [9.17, 15) is 0 Å². The third-order valence-corrected chi connectivity index (χ3v) is 4.63. The molecule has 0 radical (unpaired) electrons. The summed E-state index contributed by atoms with van der Waals surface area (Å²) in [5.41, 5.74) is 8.20. The summed E-state index contributed by atoms with van der Waals surface area (Å²) < 4.78 is 0. The first-order chi connectivity index (χ1) is 11.0. The lowest BCUT2D eigenvalue weighted by Crippen LogP contribution is -2.52. The second-order valence-corrected chi connectivity index (χ2v) is 6.72. The number of halogens is 1. The summed E-state index contributed by atoms with van der Waals surface area (Å²) in [6.07, 6.45) is 2.24. The summed E-state index contributed by atoms with van der Waals surface area (Å²) in [7, 11) is 2.06. The van der Waals surface area contributed by atoms with E-state index >= 15 is 0 Å². The van der Waals surface area contributed by atoms with Gasteiger partial charge in [-0.3, -0.25) is 4.90 Å². The van der Waals surface area contributed by atoms with E-state index < -0.39 is 0 Å². The van der Waals surface area contributed by atoms with Crippen LogP contribution in [0.4, 0.5) is 0 Å². The maximum atomic E-state index is 6.02. The number of H-pyrrole nitrogens is 1. The van der Waals surface area contributed by atoms with Gasteiger partial charge in [0, 0.05) is 34.2 Å². The Labute approximate surface area is 141 Å². The van der Waals surface area contributed by atoms with Gasteiger partial charge in [0.2, 0.25) is 0 Å². The molecule has 0 spiro atoms. The number of nitrogens with one attached hydrogen (secondary N) is 3. The van der Waals surface area contributed by atoms with E-state index in [0.29, 0.717) is 12.6 Å². The van der Waals surface area contributed by atoms with Crippen LogP contribution in [-0.4, -0.2) is 35.7 Å². The van der Waals surface area contributed by atoms with Gasteiger partial charge in [-0.15, -0.1) is 0 Å². The molecule has 2 atom stereocenters. The van der Waals surface area contributed by atoms with E-state index in [1.807, 2.05) is 18.2 Å². The van der Waals surface area contributed by atoms with Crippen LogP contribution in [0.5, 0.6) is 0 Å². The number of aromatic nitrogens is 1. The lowest BCUT2D eigenvalue weighted by molar-refractivity contribution is 0.161. The molecule has 124 valence electrons. The summed E-state index contributed by atoms with van der Waals surface area (Å²) in [5, 5.41) is 8.65. The van der Waals surface area contributed by atoms with Crippen LogP contribution >= 0.6 is 11.6 Å². The largest absolute Gasteiger partial charge is 0.368 e. The number of likely N-dealkylation sites (N-methyl/N-ethyl adjacent to an activating group) is 1. The smallest absolute Gasteiger partial charge is 0.0918 e. The first-order valence-electron chi connectivity index (χ1n) is 7.93. The molecule has 5 N–H and O–H groups in total. The average molecular weight is 334 g/mol. The fraction of sp³-hybridized carbons (Fsp3) is 0.412. The number of fused-ring (bicyclic) bond motifs is 1. The van der Waals surface area contributed by atoms with Crippen molar-refractivity contribution in [1.29, 1.82) is 0 Å². The van der Waals surface area contributed by atoms with Crippen molar-refractivity contribution in [1.82, 2.24) is 20.5 Å². The molecular weight excluding hydrogens is 310 g/mol. The van der Waals surface area contributed by atoms with Crippen LogP contribution < -0.4 is 16.4 Å². The molecule has 1 aliphatic rings. The van der Waals surface area contributed by atoms with E-state index in [0.717, 1.165) is 46.8 Å². The zero-order valence-electron chi connectivity index (χ0n) is 13.4. The van der Waals surface area contributed by atoms with Crippen molar-refractivity contribution in [2.75, 3.05) is 13.6 Å². The Balaban J connectivity index is 1.52. The predicted molar refractivity (Wildman–Crippen MR) is 96.1 cm³/mol. The van der Waals surface area contributed by atoms with Crippen LogP contribution in [0.25, 0.3) is 10.9 Å². The van der Waals surface area contributed by atoms with E-state index in [-0.39, 0.29) is 6.17 Å². The predicted octanol–water partition coefficient (Wildman–Crippen LogP) is 2.35. The molecule has 1 saturated heterocycles. The molecular formula is C17H24ClN5. The van der Waals surface area contributed by atoms with E-state index in [1.54, 1.807) is 0 Å². The van der Waals surface area contributed by atoms with Crippen molar-refractivity contribution in [3.63, 3.8) is 0 Å². The minimum atomic E-state index is 0.174. The second kappa shape index (κ2) is 6.83. The van der Waals surface area contributed by atoms with Gasteiger partial charge in [-0.1, -0.05) is 18.2 Å². The van der Waals surface area contributed by atoms with Gasteiger partial charge in [-0.25, -0.2) is 0 Å². The molecule has 1 aromatic carbocycles. The molecule has 1 aliphatic heterocycles. The molecule has 3 rings (SSSR count). The van der Waals surface area contributed by atoms with Crippen molar-refractivity contribution in [2.45, 2.75) is 31.6 Å². The first-order valence-corrected chi connectivity index (χ1v) is 8.31. The zero-order valence-corrected chi connectivity index (χ0v) is 14.2. The highest BCUT2D eigenvalue weighted by Crippen LogP contribution is 2.20. The number of nitrogens with zero attached hydrogens (tertiary/aromatic N) is 1. The van der Waals surface area contributed by atoms with E-state index in [1.165, 1.54) is 0 Å². The number of rotatable bonds is 5. The standard InChI is InChI=1S/C17H24ClN5/c1-11(21-14-4-6-17(19)23(2)10-14)20-9-15-8-12-7-13(18)3-5-16(12)22-15/h3,5,7-8,14,17,20-22H,1,4,6,9-10,19H2,2H3. The van der Waals surface area contributed by atoms with Gasteiger partial charge in [-0.2, -0.15) is 0 Å². The Morgan fingerprint density at radius 2 is 2.26 bits per heavy atom. The Hall–Kier alpha value is -1.69. The SMILES string of the molecule is C=C(NCc1cc2cc(Cl)ccc2[nH]1)NC1CCC(N)N(C)C1. The molecule has 2 heterocycles. The quantitative estimate of drug-likeness (QED) is 0.678. The van der Waals surface area contributed by atoms with Crippen LogP contribution in [0.15, 0.2) is 36.7 Å². The Morgan fingerprint density at radius 3 is 3.04 bits per heavy atom. The van der Waals surface area contributed by atoms with Crippen LogP contribution in [0, 0.1) is 0 Å².